The fraction of sp³-hybridized carbons (Fsp3) is 0.667. The predicted octanol–water partition coefficient (Wildman–Crippen LogP) is 0.999. The summed E-state index contributed by atoms with van der Waals surface area (Å²) in [5, 5.41) is 12.1. The van der Waals surface area contributed by atoms with Crippen molar-refractivity contribution in [3.8, 4) is 18.4 Å². The van der Waals surface area contributed by atoms with Gasteiger partial charge in [0.2, 0.25) is 0 Å². The fourth-order valence-electron chi connectivity index (χ4n) is 1.27. The van der Waals surface area contributed by atoms with E-state index >= 15 is 0 Å². The topological polar surface area (TPSA) is 35.8 Å². The molecule has 0 aromatic heterocycles. The van der Waals surface area contributed by atoms with Crippen LogP contribution >= 0.6 is 11.8 Å². The highest BCUT2D eigenvalue weighted by Crippen LogP contribution is 2.25. The van der Waals surface area contributed by atoms with E-state index in [4.69, 9.17) is 11.7 Å². The Hall–Kier alpha value is -0.640. The lowest BCUT2D eigenvalue weighted by Gasteiger charge is -2.30. The van der Waals surface area contributed by atoms with Gasteiger partial charge in [-0.3, -0.25) is 5.32 Å². The second-order valence-corrected chi connectivity index (χ2v) is 4.09. The smallest absolute Gasteiger partial charge is 0.109 e. The zero-order valence-electron chi connectivity index (χ0n) is 6.97. The molecule has 0 saturated carbocycles. The van der Waals surface area contributed by atoms with Crippen molar-refractivity contribution >= 4 is 11.8 Å². The Labute approximate surface area is 77.7 Å². The highest BCUT2D eigenvalue weighted by Gasteiger charge is 2.31. The van der Waals surface area contributed by atoms with Gasteiger partial charge in [-0.2, -0.15) is 17.0 Å². The van der Waals surface area contributed by atoms with Gasteiger partial charge in [-0.15, -0.1) is 6.42 Å². The summed E-state index contributed by atoms with van der Waals surface area (Å²) in [6.07, 6.45) is 6.96. The molecule has 0 amide bonds. The molecule has 12 heavy (non-hydrogen) atoms. The van der Waals surface area contributed by atoms with Crippen molar-refractivity contribution in [1.82, 2.24) is 5.32 Å². The first-order valence-corrected chi connectivity index (χ1v) is 5.16. The molecule has 0 spiro atoms. The SMILES string of the molecule is C#CCNC1(C#N)CCSCC1. The Bertz CT molecular complexity index is 218. The minimum absolute atomic E-state index is 0.336. The first-order chi connectivity index (χ1) is 5.83. The summed E-state index contributed by atoms with van der Waals surface area (Å²) in [5.74, 6) is 4.63. The van der Waals surface area contributed by atoms with E-state index in [2.05, 4.69) is 17.3 Å². The summed E-state index contributed by atoms with van der Waals surface area (Å²) >= 11 is 1.90. The molecule has 1 N–H and O–H groups in total. The maximum Gasteiger partial charge on any atom is 0.109 e. The van der Waals surface area contributed by atoms with Crippen LogP contribution in [0.5, 0.6) is 0 Å². The summed E-state index contributed by atoms with van der Waals surface area (Å²) < 4.78 is 0. The average Bonchev–Trinajstić information content (AvgIpc) is 2.16. The van der Waals surface area contributed by atoms with Gasteiger partial charge < -0.3 is 0 Å². The lowest BCUT2D eigenvalue weighted by Crippen LogP contribution is -2.46. The third-order valence-corrected chi connectivity index (χ3v) is 3.07. The Morgan fingerprint density at radius 2 is 2.17 bits per heavy atom. The van der Waals surface area contributed by atoms with Crippen LogP contribution in [0.2, 0.25) is 0 Å². The number of hydrogen-bond donors (Lipinski definition) is 1. The van der Waals surface area contributed by atoms with Gasteiger partial charge in [0.05, 0.1) is 12.6 Å². The molecule has 1 fully saturated rings. The summed E-state index contributed by atoms with van der Waals surface area (Å²) in [4.78, 5) is 0. The van der Waals surface area contributed by atoms with Crippen molar-refractivity contribution in [3.05, 3.63) is 0 Å². The lowest BCUT2D eigenvalue weighted by molar-refractivity contribution is 0.405. The van der Waals surface area contributed by atoms with Crippen LogP contribution in [0, 0.1) is 23.7 Å². The van der Waals surface area contributed by atoms with Gasteiger partial charge in [0.15, 0.2) is 0 Å². The largest absolute Gasteiger partial charge is 0.288 e. The molecule has 2 nitrogen and oxygen atoms in total. The van der Waals surface area contributed by atoms with E-state index in [-0.39, 0.29) is 5.54 Å². The molecule has 0 bridgehead atoms. The van der Waals surface area contributed by atoms with Gasteiger partial charge in [0.1, 0.15) is 5.54 Å². The van der Waals surface area contributed by atoms with Crippen molar-refractivity contribution in [3.63, 3.8) is 0 Å². The van der Waals surface area contributed by atoms with Gasteiger partial charge >= 0.3 is 0 Å². The maximum absolute atomic E-state index is 8.98. The van der Waals surface area contributed by atoms with Crippen LogP contribution in [0.25, 0.3) is 0 Å². The van der Waals surface area contributed by atoms with E-state index < -0.39 is 0 Å². The number of thioether (sulfide) groups is 1. The zero-order valence-corrected chi connectivity index (χ0v) is 7.78. The molecule has 1 aliphatic rings. The molecule has 0 atom stereocenters. The molecule has 1 aliphatic heterocycles. The molecule has 0 aliphatic carbocycles. The predicted molar refractivity (Wildman–Crippen MR) is 51.7 cm³/mol. The molecule has 64 valence electrons. The van der Waals surface area contributed by atoms with Gasteiger partial charge in [-0.1, -0.05) is 5.92 Å². The van der Waals surface area contributed by atoms with Gasteiger partial charge in [-0.05, 0) is 24.3 Å². The molecular weight excluding hydrogens is 168 g/mol. The van der Waals surface area contributed by atoms with Crippen molar-refractivity contribution in [2.24, 2.45) is 0 Å². The number of hydrogen-bond acceptors (Lipinski definition) is 3. The standard InChI is InChI=1S/C9H12N2S/c1-2-5-11-9(8-10)3-6-12-7-4-9/h1,11H,3-7H2. The van der Waals surface area contributed by atoms with Crippen LogP contribution < -0.4 is 5.32 Å². The first kappa shape index (κ1) is 9.45. The van der Waals surface area contributed by atoms with E-state index in [9.17, 15) is 0 Å². The van der Waals surface area contributed by atoms with Crippen LogP contribution in [0.15, 0.2) is 0 Å². The highest BCUT2D eigenvalue weighted by atomic mass is 32.2. The molecule has 1 heterocycles. The Morgan fingerprint density at radius 1 is 1.50 bits per heavy atom. The van der Waals surface area contributed by atoms with Crippen LogP contribution in [0.4, 0.5) is 0 Å². The molecule has 3 heteroatoms. The second kappa shape index (κ2) is 4.40. The lowest BCUT2D eigenvalue weighted by atomic mass is 9.94. The quantitative estimate of drug-likeness (QED) is 0.644. The molecule has 0 aromatic carbocycles. The van der Waals surface area contributed by atoms with Crippen molar-refractivity contribution < 1.29 is 0 Å². The van der Waals surface area contributed by atoms with E-state index in [1.807, 2.05) is 11.8 Å². The normalized spacial score (nSPS) is 20.8. The Kier molecular flexibility index (Phi) is 3.47. The van der Waals surface area contributed by atoms with Crippen LogP contribution in [0.1, 0.15) is 12.8 Å². The zero-order chi connectivity index (χ0) is 8.86. The summed E-state index contributed by atoms with van der Waals surface area (Å²) in [6, 6.07) is 2.33. The molecule has 1 rings (SSSR count). The second-order valence-electron chi connectivity index (χ2n) is 2.86. The molecule has 0 unspecified atom stereocenters. The minimum Gasteiger partial charge on any atom is -0.288 e. The number of terminal acetylenes is 1. The van der Waals surface area contributed by atoms with Gasteiger partial charge in [-0.25, -0.2) is 0 Å². The highest BCUT2D eigenvalue weighted by molar-refractivity contribution is 7.99. The number of nitrogens with zero attached hydrogens (tertiary/aromatic N) is 1. The Balaban J connectivity index is 2.51. The van der Waals surface area contributed by atoms with E-state index in [1.165, 1.54) is 0 Å². The van der Waals surface area contributed by atoms with E-state index in [0.717, 1.165) is 24.3 Å². The van der Waals surface area contributed by atoms with Crippen molar-refractivity contribution in [2.45, 2.75) is 18.4 Å². The van der Waals surface area contributed by atoms with Crippen LogP contribution in [0.3, 0.4) is 0 Å². The Morgan fingerprint density at radius 3 is 2.67 bits per heavy atom. The monoisotopic (exact) mass is 180 g/mol. The third kappa shape index (κ3) is 2.17. The van der Waals surface area contributed by atoms with Crippen molar-refractivity contribution in [2.75, 3.05) is 18.1 Å². The van der Waals surface area contributed by atoms with Crippen LogP contribution in [-0.4, -0.2) is 23.6 Å². The van der Waals surface area contributed by atoms with Gasteiger partial charge in [0.25, 0.3) is 0 Å². The van der Waals surface area contributed by atoms with E-state index in [0.29, 0.717) is 6.54 Å². The number of nitriles is 1. The van der Waals surface area contributed by atoms with Crippen molar-refractivity contribution in [1.29, 1.82) is 5.26 Å². The number of nitrogens with one attached hydrogen (secondary N) is 1. The summed E-state index contributed by atoms with van der Waals surface area (Å²) in [7, 11) is 0. The molecular formula is C9H12N2S. The number of rotatable bonds is 2. The first-order valence-electron chi connectivity index (χ1n) is 4.00. The third-order valence-electron chi connectivity index (χ3n) is 2.09. The summed E-state index contributed by atoms with van der Waals surface area (Å²) in [6.45, 7) is 0.498. The van der Waals surface area contributed by atoms with E-state index in [1.54, 1.807) is 0 Å². The van der Waals surface area contributed by atoms with Crippen LogP contribution in [-0.2, 0) is 0 Å². The maximum atomic E-state index is 8.98. The van der Waals surface area contributed by atoms with Gasteiger partial charge in [0, 0.05) is 0 Å². The average molecular weight is 180 g/mol. The summed E-state index contributed by atoms with van der Waals surface area (Å²) in [5.41, 5.74) is -0.336. The fourth-order valence-corrected chi connectivity index (χ4v) is 2.46. The molecule has 0 radical (unpaired) electrons. The molecule has 1 saturated heterocycles. The molecule has 0 aromatic rings. The minimum atomic E-state index is -0.336.